The molecule has 0 unspecified atom stereocenters. The van der Waals surface area contributed by atoms with Crippen molar-refractivity contribution in [1.29, 1.82) is 0 Å². The number of ketones is 1. The lowest BCUT2D eigenvalue weighted by Crippen LogP contribution is -2.35. The number of hydrogen-bond donors (Lipinski definition) is 0. The Labute approximate surface area is 135 Å². The first-order chi connectivity index (χ1) is 10.7. The Morgan fingerprint density at radius 3 is 2.45 bits per heavy atom. The van der Waals surface area contributed by atoms with Crippen LogP contribution < -0.4 is 0 Å². The Bertz CT molecular complexity index is 666. The Morgan fingerprint density at radius 2 is 1.73 bits per heavy atom. The van der Waals surface area contributed by atoms with Gasteiger partial charge in [0.25, 0.3) is 0 Å². The molecule has 0 N–H and O–H groups in total. The molecule has 3 rings (SSSR count). The molecule has 0 atom stereocenters. The van der Waals surface area contributed by atoms with Gasteiger partial charge in [0.2, 0.25) is 0 Å². The van der Waals surface area contributed by atoms with Crippen LogP contribution in [0.2, 0.25) is 5.02 Å². The summed E-state index contributed by atoms with van der Waals surface area (Å²) >= 11 is 5.97. The molecule has 0 spiro atoms. The van der Waals surface area contributed by atoms with Gasteiger partial charge in [-0.1, -0.05) is 41.9 Å². The lowest BCUT2D eigenvalue weighted by atomic mass is 10.0. The topological polar surface area (TPSA) is 29.5 Å². The Morgan fingerprint density at radius 1 is 1.05 bits per heavy atom. The third-order valence-corrected chi connectivity index (χ3v) is 4.02. The van der Waals surface area contributed by atoms with Gasteiger partial charge in [-0.2, -0.15) is 0 Å². The fourth-order valence-corrected chi connectivity index (χ4v) is 2.82. The van der Waals surface area contributed by atoms with Crippen molar-refractivity contribution in [2.45, 2.75) is 6.54 Å². The highest BCUT2D eigenvalue weighted by atomic mass is 35.5. The standard InChI is InChI=1S/C18H18ClNO2/c19-17-6-2-5-16(12-17)18(21)15-4-1-3-14(11-15)13-20-7-9-22-10-8-20/h1-6,11-12H,7-10,13H2. The summed E-state index contributed by atoms with van der Waals surface area (Å²) in [7, 11) is 0. The molecule has 0 aliphatic carbocycles. The number of ether oxygens (including phenoxy) is 1. The number of benzene rings is 2. The van der Waals surface area contributed by atoms with Crippen LogP contribution in [0.3, 0.4) is 0 Å². The third kappa shape index (κ3) is 3.74. The van der Waals surface area contributed by atoms with Crippen molar-refractivity contribution in [2.75, 3.05) is 26.3 Å². The minimum atomic E-state index is 0.00586. The van der Waals surface area contributed by atoms with E-state index in [-0.39, 0.29) is 5.78 Å². The fourth-order valence-electron chi connectivity index (χ4n) is 2.62. The van der Waals surface area contributed by atoms with Crippen LogP contribution >= 0.6 is 11.6 Å². The van der Waals surface area contributed by atoms with Gasteiger partial charge in [0.15, 0.2) is 5.78 Å². The van der Waals surface area contributed by atoms with Gasteiger partial charge in [-0.3, -0.25) is 9.69 Å². The predicted molar refractivity (Wildman–Crippen MR) is 87.4 cm³/mol. The monoisotopic (exact) mass is 315 g/mol. The SMILES string of the molecule is O=C(c1cccc(Cl)c1)c1cccc(CN2CCOCC2)c1. The summed E-state index contributed by atoms with van der Waals surface area (Å²) < 4.78 is 5.36. The van der Waals surface area contributed by atoms with Gasteiger partial charge >= 0.3 is 0 Å². The molecule has 1 saturated heterocycles. The second-order valence-corrected chi connectivity index (χ2v) is 5.86. The number of nitrogens with zero attached hydrogens (tertiary/aromatic N) is 1. The lowest BCUT2D eigenvalue weighted by molar-refractivity contribution is 0.0342. The van der Waals surface area contributed by atoms with Crippen LogP contribution in [-0.4, -0.2) is 37.0 Å². The molecule has 0 saturated carbocycles. The second-order valence-electron chi connectivity index (χ2n) is 5.43. The number of halogens is 1. The van der Waals surface area contributed by atoms with E-state index >= 15 is 0 Å². The van der Waals surface area contributed by atoms with Crippen LogP contribution in [0.4, 0.5) is 0 Å². The van der Waals surface area contributed by atoms with Crippen molar-refractivity contribution in [2.24, 2.45) is 0 Å². The summed E-state index contributed by atoms with van der Waals surface area (Å²) in [5.74, 6) is 0.00586. The molecule has 3 nitrogen and oxygen atoms in total. The van der Waals surface area contributed by atoms with E-state index in [2.05, 4.69) is 11.0 Å². The summed E-state index contributed by atoms with van der Waals surface area (Å²) in [5.41, 5.74) is 2.47. The van der Waals surface area contributed by atoms with Gasteiger partial charge in [-0.15, -0.1) is 0 Å². The van der Waals surface area contributed by atoms with Crippen molar-refractivity contribution in [3.63, 3.8) is 0 Å². The minimum Gasteiger partial charge on any atom is -0.379 e. The molecule has 22 heavy (non-hydrogen) atoms. The van der Waals surface area contributed by atoms with E-state index < -0.39 is 0 Å². The van der Waals surface area contributed by atoms with E-state index in [4.69, 9.17) is 16.3 Å². The van der Waals surface area contributed by atoms with Crippen molar-refractivity contribution in [3.05, 3.63) is 70.2 Å². The maximum atomic E-state index is 12.6. The molecule has 114 valence electrons. The smallest absolute Gasteiger partial charge is 0.193 e. The van der Waals surface area contributed by atoms with Gasteiger partial charge in [0.1, 0.15) is 0 Å². The molecule has 0 bridgehead atoms. The van der Waals surface area contributed by atoms with Gasteiger partial charge in [0.05, 0.1) is 13.2 Å². The first-order valence-electron chi connectivity index (χ1n) is 7.42. The van der Waals surface area contributed by atoms with Gasteiger partial charge in [-0.25, -0.2) is 0 Å². The van der Waals surface area contributed by atoms with Crippen LogP contribution in [0, 0.1) is 0 Å². The Kier molecular flexibility index (Phi) is 4.88. The summed E-state index contributed by atoms with van der Waals surface area (Å²) in [4.78, 5) is 14.9. The van der Waals surface area contributed by atoms with E-state index in [1.54, 1.807) is 24.3 Å². The third-order valence-electron chi connectivity index (χ3n) is 3.79. The summed E-state index contributed by atoms with van der Waals surface area (Å²) in [6.07, 6.45) is 0. The van der Waals surface area contributed by atoms with Crippen molar-refractivity contribution in [3.8, 4) is 0 Å². The zero-order valence-corrected chi connectivity index (χ0v) is 13.1. The van der Waals surface area contributed by atoms with E-state index in [9.17, 15) is 4.79 Å². The molecular weight excluding hydrogens is 298 g/mol. The van der Waals surface area contributed by atoms with Crippen molar-refractivity contribution >= 4 is 17.4 Å². The minimum absolute atomic E-state index is 0.00586. The number of rotatable bonds is 4. The first-order valence-corrected chi connectivity index (χ1v) is 7.79. The van der Waals surface area contributed by atoms with E-state index in [1.165, 1.54) is 0 Å². The first kappa shape index (κ1) is 15.2. The predicted octanol–water partition coefficient (Wildman–Crippen LogP) is 3.40. The Hall–Kier alpha value is -1.68. The van der Waals surface area contributed by atoms with Crippen LogP contribution in [-0.2, 0) is 11.3 Å². The normalized spacial score (nSPS) is 15.7. The number of morpholine rings is 1. The van der Waals surface area contributed by atoms with Crippen LogP contribution in [0.15, 0.2) is 48.5 Å². The molecule has 1 aliphatic rings. The molecule has 0 amide bonds. The molecule has 1 aliphatic heterocycles. The summed E-state index contributed by atoms with van der Waals surface area (Å²) in [6, 6.07) is 14.9. The number of hydrogen-bond acceptors (Lipinski definition) is 3. The van der Waals surface area contributed by atoms with Crippen LogP contribution in [0.5, 0.6) is 0 Å². The van der Waals surface area contributed by atoms with Crippen molar-refractivity contribution in [1.82, 2.24) is 4.90 Å². The molecule has 4 heteroatoms. The van der Waals surface area contributed by atoms with Gasteiger partial charge in [0, 0.05) is 35.8 Å². The molecule has 0 aromatic heterocycles. The molecule has 2 aromatic rings. The van der Waals surface area contributed by atoms with Crippen molar-refractivity contribution < 1.29 is 9.53 Å². The lowest BCUT2D eigenvalue weighted by Gasteiger charge is -2.26. The van der Waals surface area contributed by atoms with Gasteiger partial charge < -0.3 is 4.74 Å². The zero-order chi connectivity index (χ0) is 15.4. The summed E-state index contributed by atoms with van der Waals surface area (Å²) in [6.45, 7) is 4.28. The maximum Gasteiger partial charge on any atom is 0.193 e. The van der Waals surface area contributed by atoms with E-state index in [0.29, 0.717) is 16.1 Å². The van der Waals surface area contributed by atoms with Crippen LogP contribution in [0.25, 0.3) is 0 Å². The molecular formula is C18H18ClNO2. The highest BCUT2D eigenvalue weighted by Crippen LogP contribution is 2.17. The average Bonchev–Trinajstić information content (AvgIpc) is 2.55. The van der Waals surface area contributed by atoms with E-state index in [1.807, 2.05) is 18.2 Å². The largest absolute Gasteiger partial charge is 0.379 e. The average molecular weight is 316 g/mol. The van der Waals surface area contributed by atoms with Crippen LogP contribution in [0.1, 0.15) is 21.5 Å². The van der Waals surface area contributed by atoms with E-state index in [0.717, 1.165) is 38.4 Å². The molecule has 1 fully saturated rings. The fraction of sp³-hybridized carbons (Fsp3) is 0.278. The second kappa shape index (κ2) is 7.05. The molecule has 1 heterocycles. The quantitative estimate of drug-likeness (QED) is 0.810. The maximum absolute atomic E-state index is 12.6. The highest BCUT2D eigenvalue weighted by molar-refractivity contribution is 6.31. The molecule has 0 radical (unpaired) electrons. The number of carbonyl (C=O) groups excluding carboxylic acids is 1. The highest BCUT2D eigenvalue weighted by Gasteiger charge is 2.13. The van der Waals surface area contributed by atoms with Gasteiger partial charge in [-0.05, 0) is 23.8 Å². The summed E-state index contributed by atoms with van der Waals surface area (Å²) in [5, 5.41) is 0.579. The number of carbonyl (C=O) groups is 1. The molecule has 2 aromatic carbocycles. The Balaban J connectivity index is 1.76. The zero-order valence-electron chi connectivity index (χ0n) is 12.3.